The van der Waals surface area contributed by atoms with Crippen molar-refractivity contribution in [1.29, 1.82) is 0 Å². The number of nitrogens with zero attached hydrogens (tertiary/aromatic N) is 3. The number of alkyl halides is 3. The summed E-state index contributed by atoms with van der Waals surface area (Å²) in [5.74, 6) is -0.102. The molecule has 0 aliphatic carbocycles. The van der Waals surface area contributed by atoms with Gasteiger partial charge in [-0.3, -0.25) is 5.10 Å². The van der Waals surface area contributed by atoms with E-state index in [4.69, 9.17) is 5.73 Å². The largest absolute Gasteiger partial charge is 0.435 e. The highest BCUT2D eigenvalue weighted by Crippen LogP contribution is 2.31. The SMILES string of the molecule is Nc1ncc2c(C(F)(F)F)n[nH]c2n1. The van der Waals surface area contributed by atoms with Gasteiger partial charge >= 0.3 is 6.18 Å². The summed E-state index contributed by atoms with van der Waals surface area (Å²) in [6.07, 6.45) is -3.53. The molecule has 14 heavy (non-hydrogen) atoms. The predicted molar refractivity (Wildman–Crippen MR) is 41.1 cm³/mol. The highest BCUT2D eigenvalue weighted by atomic mass is 19.4. The molecule has 0 aliphatic heterocycles. The molecule has 2 aromatic heterocycles. The van der Waals surface area contributed by atoms with Crippen LogP contribution in [0, 0.1) is 0 Å². The predicted octanol–water partition coefficient (Wildman–Crippen LogP) is 0.954. The Morgan fingerprint density at radius 1 is 1.36 bits per heavy atom. The quantitative estimate of drug-likeness (QED) is 0.668. The molecule has 8 heteroatoms. The second kappa shape index (κ2) is 2.56. The molecule has 0 saturated carbocycles. The van der Waals surface area contributed by atoms with Gasteiger partial charge in [-0.2, -0.15) is 23.3 Å². The van der Waals surface area contributed by atoms with Crippen molar-refractivity contribution >= 4 is 17.0 Å². The van der Waals surface area contributed by atoms with Crippen molar-refractivity contribution < 1.29 is 13.2 Å². The van der Waals surface area contributed by atoms with E-state index in [1.54, 1.807) is 0 Å². The van der Waals surface area contributed by atoms with E-state index in [-0.39, 0.29) is 17.0 Å². The molecule has 5 nitrogen and oxygen atoms in total. The number of aromatic nitrogens is 4. The van der Waals surface area contributed by atoms with Crippen LogP contribution in [0.15, 0.2) is 6.20 Å². The minimum absolute atomic E-state index is 0.0233. The Hall–Kier alpha value is -1.86. The van der Waals surface area contributed by atoms with Crippen LogP contribution in [0.4, 0.5) is 19.1 Å². The van der Waals surface area contributed by atoms with E-state index in [0.29, 0.717) is 0 Å². The number of aromatic amines is 1. The van der Waals surface area contributed by atoms with Crippen LogP contribution < -0.4 is 5.73 Å². The summed E-state index contributed by atoms with van der Waals surface area (Å²) < 4.78 is 36.8. The molecule has 0 amide bonds. The van der Waals surface area contributed by atoms with E-state index in [1.807, 2.05) is 0 Å². The van der Waals surface area contributed by atoms with Gasteiger partial charge in [-0.15, -0.1) is 0 Å². The van der Waals surface area contributed by atoms with Gasteiger partial charge in [-0.1, -0.05) is 0 Å². The third kappa shape index (κ3) is 1.24. The minimum atomic E-state index is -4.52. The van der Waals surface area contributed by atoms with Crippen LogP contribution in [0.5, 0.6) is 0 Å². The number of nitrogens with two attached hydrogens (primary N) is 1. The number of H-pyrrole nitrogens is 1. The van der Waals surface area contributed by atoms with Crippen LogP contribution >= 0.6 is 0 Å². The Morgan fingerprint density at radius 2 is 2.07 bits per heavy atom. The first-order chi connectivity index (χ1) is 6.48. The van der Waals surface area contributed by atoms with E-state index < -0.39 is 11.9 Å². The molecule has 3 N–H and O–H groups in total. The third-order valence-electron chi connectivity index (χ3n) is 1.60. The smallest absolute Gasteiger partial charge is 0.368 e. The third-order valence-corrected chi connectivity index (χ3v) is 1.60. The fraction of sp³-hybridized carbons (Fsp3) is 0.167. The first-order valence-corrected chi connectivity index (χ1v) is 3.52. The van der Waals surface area contributed by atoms with Crippen molar-refractivity contribution in [3.63, 3.8) is 0 Å². The first-order valence-electron chi connectivity index (χ1n) is 3.52. The number of rotatable bonds is 0. The lowest BCUT2D eigenvalue weighted by Crippen LogP contribution is -2.06. The molecule has 0 spiro atoms. The van der Waals surface area contributed by atoms with E-state index in [0.717, 1.165) is 6.20 Å². The van der Waals surface area contributed by atoms with Gasteiger partial charge in [-0.05, 0) is 0 Å². The number of hydrogen-bond acceptors (Lipinski definition) is 4. The number of halogens is 3. The molecular formula is C6H4F3N5. The topological polar surface area (TPSA) is 80.5 Å². The summed E-state index contributed by atoms with van der Waals surface area (Å²) in [4.78, 5) is 7.02. The molecule has 2 rings (SSSR count). The standard InChI is InChI=1S/C6H4F3N5/c7-6(8,9)3-2-1-11-5(10)12-4(2)14-13-3/h1H,(H3,10,11,12,13,14). The Kier molecular flexibility index (Phi) is 1.60. The molecule has 0 aromatic carbocycles. The monoisotopic (exact) mass is 203 g/mol. The zero-order valence-corrected chi connectivity index (χ0v) is 6.63. The van der Waals surface area contributed by atoms with E-state index in [9.17, 15) is 13.2 Å². The average molecular weight is 203 g/mol. The number of nitrogens with one attached hydrogen (secondary N) is 1. The van der Waals surface area contributed by atoms with Crippen molar-refractivity contribution in [2.24, 2.45) is 0 Å². The van der Waals surface area contributed by atoms with Crippen LogP contribution in [-0.4, -0.2) is 20.2 Å². The number of nitrogen functional groups attached to an aromatic ring is 1. The van der Waals surface area contributed by atoms with Gasteiger partial charge in [0.1, 0.15) is 0 Å². The molecular weight excluding hydrogens is 199 g/mol. The maximum Gasteiger partial charge on any atom is 0.435 e. The summed E-state index contributed by atoms with van der Waals surface area (Å²) in [6.45, 7) is 0. The number of fused-ring (bicyclic) bond motifs is 1. The molecule has 0 saturated heterocycles. The molecule has 0 bridgehead atoms. The van der Waals surface area contributed by atoms with Crippen molar-refractivity contribution in [1.82, 2.24) is 20.2 Å². The summed E-state index contributed by atoms with van der Waals surface area (Å²) in [5.41, 5.74) is 4.13. The minimum Gasteiger partial charge on any atom is -0.368 e. The molecule has 74 valence electrons. The lowest BCUT2D eigenvalue weighted by Gasteiger charge is -2.00. The van der Waals surface area contributed by atoms with Crippen molar-refractivity contribution in [3.05, 3.63) is 11.9 Å². The Morgan fingerprint density at radius 3 is 2.71 bits per heavy atom. The summed E-state index contributed by atoms with van der Waals surface area (Å²) in [6, 6.07) is 0. The Balaban J connectivity index is 2.70. The zero-order chi connectivity index (χ0) is 10.3. The van der Waals surface area contributed by atoms with Gasteiger partial charge in [0.2, 0.25) is 5.95 Å². The van der Waals surface area contributed by atoms with Gasteiger partial charge in [0, 0.05) is 6.20 Å². The van der Waals surface area contributed by atoms with E-state index in [2.05, 4.69) is 20.2 Å². The first kappa shape index (κ1) is 8.73. The van der Waals surface area contributed by atoms with Crippen molar-refractivity contribution in [2.45, 2.75) is 6.18 Å². The fourth-order valence-electron chi connectivity index (χ4n) is 1.04. The molecule has 0 atom stereocenters. The fourth-order valence-corrected chi connectivity index (χ4v) is 1.04. The van der Waals surface area contributed by atoms with Crippen LogP contribution in [0.1, 0.15) is 5.69 Å². The van der Waals surface area contributed by atoms with Crippen LogP contribution in [-0.2, 0) is 6.18 Å². The second-order valence-electron chi connectivity index (χ2n) is 2.56. The molecule has 0 unspecified atom stereocenters. The summed E-state index contributed by atoms with van der Waals surface area (Å²) in [5, 5.41) is 5.05. The van der Waals surface area contributed by atoms with Gasteiger partial charge in [0.25, 0.3) is 0 Å². The van der Waals surface area contributed by atoms with Crippen LogP contribution in [0.25, 0.3) is 11.0 Å². The van der Waals surface area contributed by atoms with Crippen molar-refractivity contribution in [3.8, 4) is 0 Å². The second-order valence-corrected chi connectivity index (χ2v) is 2.56. The lowest BCUT2D eigenvalue weighted by molar-refractivity contribution is -0.139. The van der Waals surface area contributed by atoms with E-state index in [1.165, 1.54) is 0 Å². The lowest BCUT2D eigenvalue weighted by atomic mass is 10.3. The molecule has 0 fully saturated rings. The van der Waals surface area contributed by atoms with Gasteiger partial charge in [0.05, 0.1) is 5.39 Å². The molecule has 0 radical (unpaired) electrons. The molecule has 2 heterocycles. The van der Waals surface area contributed by atoms with Crippen LogP contribution in [0.3, 0.4) is 0 Å². The average Bonchev–Trinajstić information content (AvgIpc) is 2.45. The maximum atomic E-state index is 12.3. The molecule has 2 aromatic rings. The molecule has 0 aliphatic rings. The zero-order valence-electron chi connectivity index (χ0n) is 6.63. The highest BCUT2D eigenvalue weighted by Gasteiger charge is 2.36. The summed E-state index contributed by atoms with van der Waals surface area (Å²) in [7, 11) is 0. The van der Waals surface area contributed by atoms with Crippen LogP contribution in [0.2, 0.25) is 0 Å². The van der Waals surface area contributed by atoms with E-state index >= 15 is 0 Å². The number of anilines is 1. The van der Waals surface area contributed by atoms with Crippen molar-refractivity contribution in [2.75, 3.05) is 5.73 Å². The Labute approximate surface area is 75.2 Å². The normalized spacial score (nSPS) is 12.2. The highest BCUT2D eigenvalue weighted by molar-refractivity contribution is 5.77. The Bertz CT molecular complexity index is 474. The summed E-state index contributed by atoms with van der Waals surface area (Å²) >= 11 is 0. The van der Waals surface area contributed by atoms with Gasteiger partial charge in [-0.25, -0.2) is 4.98 Å². The van der Waals surface area contributed by atoms with Gasteiger partial charge < -0.3 is 5.73 Å². The maximum absolute atomic E-state index is 12.3. The number of hydrogen-bond donors (Lipinski definition) is 2. The van der Waals surface area contributed by atoms with Gasteiger partial charge in [0.15, 0.2) is 11.3 Å².